The predicted octanol–water partition coefficient (Wildman–Crippen LogP) is 3.26. The van der Waals surface area contributed by atoms with Crippen LogP contribution >= 0.6 is 0 Å². The summed E-state index contributed by atoms with van der Waals surface area (Å²) in [6.45, 7) is 4.06. The summed E-state index contributed by atoms with van der Waals surface area (Å²) in [6.07, 6.45) is 3.02. The van der Waals surface area contributed by atoms with Gasteiger partial charge >= 0.3 is 5.97 Å². The van der Waals surface area contributed by atoms with Crippen molar-refractivity contribution in [2.45, 2.75) is 6.61 Å². The second-order valence-electron chi connectivity index (χ2n) is 5.68. The topological polar surface area (TPSA) is 88.4 Å². The summed E-state index contributed by atoms with van der Waals surface area (Å²) in [5.74, 6) is -0.346. The molecule has 2 aromatic rings. The van der Waals surface area contributed by atoms with Gasteiger partial charge in [0.1, 0.15) is 24.0 Å². The number of nitrogens with zero attached hydrogens (tertiary/aromatic N) is 1. The smallest absolute Gasteiger partial charge is 0.337 e. The average molecular weight is 376 g/mol. The Morgan fingerprint density at radius 3 is 2.54 bits per heavy atom. The van der Waals surface area contributed by atoms with Gasteiger partial charge in [-0.15, -0.1) is 6.58 Å². The van der Waals surface area contributed by atoms with Crippen LogP contribution in [-0.4, -0.2) is 25.5 Å². The fraction of sp³-hybridized carbons (Fsp3) is 0.136. The average Bonchev–Trinajstić information content (AvgIpc) is 2.74. The molecule has 1 amide bonds. The van der Waals surface area contributed by atoms with Gasteiger partial charge in [0.25, 0.3) is 5.91 Å². The Labute approximate surface area is 163 Å². The number of ether oxygens (including phenoxy) is 2. The molecular weight excluding hydrogens is 356 g/mol. The van der Waals surface area contributed by atoms with Crippen molar-refractivity contribution in [3.8, 4) is 11.8 Å². The van der Waals surface area contributed by atoms with Crippen molar-refractivity contribution in [1.82, 2.24) is 5.32 Å². The molecule has 0 bridgehead atoms. The summed E-state index contributed by atoms with van der Waals surface area (Å²) in [5, 5.41) is 11.8. The molecule has 0 spiro atoms. The van der Waals surface area contributed by atoms with E-state index >= 15 is 0 Å². The van der Waals surface area contributed by atoms with Gasteiger partial charge < -0.3 is 14.8 Å². The molecule has 2 rings (SSSR count). The fourth-order valence-corrected chi connectivity index (χ4v) is 2.31. The van der Waals surface area contributed by atoms with Crippen molar-refractivity contribution >= 4 is 18.0 Å². The fourth-order valence-electron chi connectivity index (χ4n) is 2.31. The molecule has 0 saturated carbocycles. The molecule has 0 saturated heterocycles. The largest absolute Gasteiger partial charge is 0.488 e. The Hall–Kier alpha value is -3.85. The highest BCUT2D eigenvalue weighted by molar-refractivity contribution is 6.02. The molecule has 0 radical (unpaired) electrons. The van der Waals surface area contributed by atoms with Gasteiger partial charge in [-0.05, 0) is 29.8 Å². The second-order valence-corrected chi connectivity index (χ2v) is 5.68. The van der Waals surface area contributed by atoms with Crippen LogP contribution in [0.3, 0.4) is 0 Å². The number of rotatable bonds is 8. The Kier molecular flexibility index (Phi) is 7.55. The molecule has 0 aliphatic rings. The van der Waals surface area contributed by atoms with Gasteiger partial charge in [0.15, 0.2) is 0 Å². The number of amides is 1. The van der Waals surface area contributed by atoms with E-state index in [0.29, 0.717) is 16.9 Å². The maximum Gasteiger partial charge on any atom is 0.337 e. The first-order valence-electron chi connectivity index (χ1n) is 8.49. The van der Waals surface area contributed by atoms with Crippen LogP contribution in [0.25, 0.3) is 6.08 Å². The lowest BCUT2D eigenvalue weighted by molar-refractivity contribution is -0.116. The van der Waals surface area contributed by atoms with Crippen molar-refractivity contribution in [3.63, 3.8) is 0 Å². The van der Waals surface area contributed by atoms with Crippen molar-refractivity contribution in [2.24, 2.45) is 0 Å². The van der Waals surface area contributed by atoms with Gasteiger partial charge in [-0.25, -0.2) is 4.79 Å². The van der Waals surface area contributed by atoms with Gasteiger partial charge in [0, 0.05) is 12.1 Å². The van der Waals surface area contributed by atoms with Crippen molar-refractivity contribution in [3.05, 3.63) is 83.4 Å². The highest BCUT2D eigenvalue weighted by Crippen LogP contribution is 2.22. The first-order valence-corrected chi connectivity index (χ1v) is 8.49. The minimum atomic E-state index is -0.476. The number of nitriles is 1. The second kappa shape index (κ2) is 10.3. The van der Waals surface area contributed by atoms with Crippen molar-refractivity contribution in [2.75, 3.05) is 13.7 Å². The Morgan fingerprint density at radius 2 is 1.89 bits per heavy atom. The van der Waals surface area contributed by atoms with Crippen LogP contribution in [0.15, 0.2) is 66.8 Å². The number of hydrogen-bond donors (Lipinski definition) is 1. The summed E-state index contributed by atoms with van der Waals surface area (Å²) >= 11 is 0. The van der Waals surface area contributed by atoms with E-state index in [1.807, 2.05) is 6.07 Å². The van der Waals surface area contributed by atoms with Gasteiger partial charge in [-0.3, -0.25) is 4.79 Å². The number of carbonyl (C=O) groups excluding carboxylic acids is 2. The third kappa shape index (κ3) is 5.58. The molecule has 2 aromatic carbocycles. The maximum absolute atomic E-state index is 12.0. The van der Waals surface area contributed by atoms with Crippen LogP contribution in [-0.2, 0) is 16.1 Å². The quantitative estimate of drug-likeness (QED) is 0.331. The summed E-state index contributed by atoms with van der Waals surface area (Å²) in [7, 11) is 1.33. The van der Waals surface area contributed by atoms with Gasteiger partial charge in [0.2, 0.25) is 0 Å². The van der Waals surface area contributed by atoms with Gasteiger partial charge in [0.05, 0.1) is 12.7 Å². The van der Waals surface area contributed by atoms with Crippen LogP contribution in [0, 0.1) is 11.3 Å². The summed E-state index contributed by atoms with van der Waals surface area (Å²) < 4.78 is 10.5. The molecule has 0 unspecified atom stereocenters. The number of hydrogen-bond acceptors (Lipinski definition) is 5. The molecule has 0 heterocycles. The summed E-state index contributed by atoms with van der Waals surface area (Å²) in [6, 6.07) is 15.9. The molecular formula is C22H20N2O4. The first kappa shape index (κ1) is 20.5. The maximum atomic E-state index is 12.0. The number of esters is 1. The van der Waals surface area contributed by atoms with E-state index in [9.17, 15) is 14.9 Å². The molecule has 6 nitrogen and oxygen atoms in total. The molecule has 6 heteroatoms. The number of nitrogens with one attached hydrogen (secondary N) is 1. The van der Waals surface area contributed by atoms with E-state index in [-0.39, 0.29) is 18.7 Å². The van der Waals surface area contributed by atoms with Crippen molar-refractivity contribution in [1.29, 1.82) is 5.26 Å². The van der Waals surface area contributed by atoms with Crippen LogP contribution in [0.5, 0.6) is 5.75 Å². The highest BCUT2D eigenvalue weighted by Gasteiger charge is 2.10. The van der Waals surface area contributed by atoms with E-state index in [1.54, 1.807) is 48.5 Å². The van der Waals surface area contributed by atoms with E-state index in [4.69, 9.17) is 4.74 Å². The standard InChI is InChI=1S/C22H20N2O4/c1-3-12-24-21(25)19(14-23)13-18-6-4-5-7-20(18)28-15-16-8-10-17(11-9-16)22(26)27-2/h3-11,13H,1,12,15H2,2H3,(H,24,25)/b19-13+. The van der Waals surface area contributed by atoms with Crippen LogP contribution in [0.1, 0.15) is 21.5 Å². The highest BCUT2D eigenvalue weighted by atomic mass is 16.5. The number of para-hydroxylation sites is 1. The van der Waals surface area contributed by atoms with E-state index in [1.165, 1.54) is 19.3 Å². The van der Waals surface area contributed by atoms with E-state index in [2.05, 4.69) is 16.6 Å². The zero-order chi connectivity index (χ0) is 20.4. The van der Waals surface area contributed by atoms with Crippen LogP contribution < -0.4 is 10.1 Å². The molecule has 1 N–H and O–H groups in total. The normalized spacial score (nSPS) is 10.5. The first-order chi connectivity index (χ1) is 13.6. The Balaban J connectivity index is 2.14. The van der Waals surface area contributed by atoms with Crippen molar-refractivity contribution < 1.29 is 19.1 Å². The molecule has 28 heavy (non-hydrogen) atoms. The van der Waals surface area contributed by atoms with E-state index in [0.717, 1.165) is 5.56 Å². The van der Waals surface area contributed by atoms with Gasteiger partial charge in [-0.1, -0.05) is 36.4 Å². The molecule has 142 valence electrons. The monoisotopic (exact) mass is 376 g/mol. The number of carbonyl (C=O) groups is 2. The third-order valence-electron chi connectivity index (χ3n) is 3.76. The van der Waals surface area contributed by atoms with Crippen LogP contribution in [0.2, 0.25) is 0 Å². The Bertz CT molecular complexity index is 924. The summed E-state index contributed by atoms with van der Waals surface area (Å²) in [4.78, 5) is 23.5. The summed E-state index contributed by atoms with van der Waals surface area (Å²) in [5.41, 5.74) is 1.90. The van der Waals surface area contributed by atoms with Crippen LogP contribution in [0.4, 0.5) is 0 Å². The number of benzene rings is 2. The molecule has 0 aliphatic heterocycles. The molecule has 0 fully saturated rings. The molecule has 0 atom stereocenters. The SMILES string of the molecule is C=CCNC(=O)/C(C#N)=C/c1ccccc1OCc1ccc(C(=O)OC)cc1. The molecule has 0 aromatic heterocycles. The lowest BCUT2D eigenvalue weighted by Gasteiger charge is -2.10. The lowest BCUT2D eigenvalue weighted by Crippen LogP contribution is -2.24. The number of methoxy groups -OCH3 is 1. The minimum Gasteiger partial charge on any atom is -0.488 e. The third-order valence-corrected chi connectivity index (χ3v) is 3.76. The molecule has 0 aliphatic carbocycles. The predicted molar refractivity (Wildman–Crippen MR) is 105 cm³/mol. The zero-order valence-corrected chi connectivity index (χ0v) is 15.5. The van der Waals surface area contributed by atoms with Gasteiger partial charge in [-0.2, -0.15) is 5.26 Å². The lowest BCUT2D eigenvalue weighted by atomic mass is 10.1. The minimum absolute atomic E-state index is 0.0275. The zero-order valence-electron chi connectivity index (χ0n) is 15.5. The Morgan fingerprint density at radius 1 is 1.18 bits per heavy atom. The van der Waals surface area contributed by atoms with E-state index < -0.39 is 11.9 Å².